The van der Waals surface area contributed by atoms with Gasteiger partial charge in [0.25, 0.3) is 5.91 Å². The number of aromatic nitrogens is 3. The van der Waals surface area contributed by atoms with Crippen molar-refractivity contribution in [3.63, 3.8) is 0 Å². The number of hydrogen-bond acceptors (Lipinski definition) is 4. The van der Waals surface area contributed by atoms with Gasteiger partial charge in [-0.1, -0.05) is 0 Å². The third kappa shape index (κ3) is 2.94. The number of hydrogen-bond donors (Lipinski definition) is 2. The monoisotopic (exact) mass is 342 g/mol. The highest BCUT2D eigenvalue weighted by Crippen LogP contribution is 2.30. The molecule has 7 heteroatoms. The van der Waals surface area contributed by atoms with Crippen LogP contribution in [0.1, 0.15) is 33.0 Å². The van der Waals surface area contributed by atoms with E-state index < -0.39 is 0 Å². The van der Waals surface area contributed by atoms with Crippen LogP contribution in [-0.4, -0.2) is 21.1 Å². The molecule has 3 aromatic rings. The topological polar surface area (TPSA) is 70.7 Å². The number of carbonyl (C=O) groups excluding carboxylic acids is 1. The summed E-state index contributed by atoms with van der Waals surface area (Å²) >= 11 is 1.55. The summed E-state index contributed by atoms with van der Waals surface area (Å²) in [6.45, 7) is 0. The Hall–Kier alpha value is -2.54. The summed E-state index contributed by atoms with van der Waals surface area (Å²) in [7, 11) is 0. The lowest BCUT2D eigenvalue weighted by Crippen LogP contribution is -2.11. The lowest BCUT2D eigenvalue weighted by Gasteiger charge is -2.08. The van der Waals surface area contributed by atoms with Crippen molar-refractivity contribution in [1.82, 2.24) is 15.2 Å². The average molecular weight is 342 g/mol. The minimum absolute atomic E-state index is 0.195. The number of benzene rings is 1. The zero-order valence-corrected chi connectivity index (χ0v) is 13.6. The van der Waals surface area contributed by atoms with Crippen molar-refractivity contribution in [2.75, 3.05) is 5.32 Å². The van der Waals surface area contributed by atoms with Crippen molar-refractivity contribution in [3.8, 4) is 11.4 Å². The molecule has 24 heavy (non-hydrogen) atoms. The van der Waals surface area contributed by atoms with Gasteiger partial charge in [0.05, 0.1) is 4.88 Å². The molecule has 1 aromatic carbocycles. The van der Waals surface area contributed by atoms with Gasteiger partial charge in [-0.25, -0.2) is 4.39 Å². The molecular weight excluding hydrogens is 327 g/mol. The predicted molar refractivity (Wildman–Crippen MR) is 90.7 cm³/mol. The lowest BCUT2D eigenvalue weighted by molar-refractivity contribution is 0.102. The average Bonchev–Trinajstić information content (AvgIpc) is 3.22. The minimum atomic E-state index is -0.312. The van der Waals surface area contributed by atoms with Crippen LogP contribution in [0.3, 0.4) is 0 Å². The number of aromatic amines is 1. The highest BCUT2D eigenvalue weighted by atomic mass is 32.1. The van der Waals surface area contributed by atoms with Gasteiger partial charge in [-0.3, -0.25) is 15.2 Å². The zero-order valence-electron chi connectivity index (χ0n) is 12.8. The van der Waals surface area contributed by atoms with Crippen LogP contribution in [0.15, 0.2) is 30.3 Å². The first-order valence-corrected chi connectivity index (χ1v) is 8.62. The number of H-pyrrole nitrogens is 1. The summed E-state index contributed by atoms with van der Waals surface area (Å²) in [5, 5.41) is 9.47. The third-order valence-electron chi connectivity index (χ3n) is 4.05. The first kappa shape index (κ1) is 15.0. The van der Waals surface area contributed by atoms with Crippen LogP contribution in [-0.2, 0) is 12.8 Å². The number of amides is 1. The molecule has 0 radical (unpaired) electrons. The van der Waals surface area contributed by atoms with E-state index in [0.717, 1.165) is 12.8 Å². The van der Waals surface area contributed by atoms with E-state index in [0.29, 0.717) is 16.3 Å². The van der Waals surface area contributed by atoms with E-state index >= 15 is 0 Å². The number of nitrogens with zero attached hydrogens (tertiary/aromatic N) is 2. The molecule has 2 N–H and O–H groups in total. The van der Waals surface area contributed by atoms with E-state index in [-0.39, 0.29) is 17.7 Å². The maximum absolute atomic E-state index is 13.0. The molecule has 0 fully saturated rings. The second kappa shape index (κ2) is 6.16. The van der Waals surface area contributed by atoms with Gasteiger partial charge in [-0.2, -0.15) is 4.98 Å². The quantitative estimate of drug-likeness (QED) is 0.760. The first-order chi connectivity index (χ1) is 11.7. The molecular formula is C17H15FN4OS. The van der Waals surface area contributed by atoms with Crippen LogP contribution in [0.4, 0.5) is 10.3 Å². The van der Waals surface area contributed by atoms with Crippen molar-refractivity contribution in [3.05, 3.63) is 51.5 Å². The molecule has 0 unspecified atom stereocenters. The van der Waals surface area contributed by atoms with Gasteiger partial charge < -0.3 is 0 Å². The smallest absolute Gasteiger partial charge is 0.268 e. The van der Waals surface area contributed by atoms with Crippen molar-refractivity contribution in [2.45, 2.75) is 25.7 Å². The van der Waals surface area contributed by atoms with Crippen molar-refractivity contribution >= 4 is 23.2 Å². The molecule has 4 rings (SSSR count). The number of anilines is 1. The fourth-order valence-electron chi connectivity index (χ4n) is 2.82. The van der Waals surface area contributed by atoms with E-state index in [4.69, 9.17) is 0 Å². The number of rotatable bonds is 3. The maximum Gasteiger partial charge on any atom is 0.268 e. The fourth-order valence-corrected chi connectivity index (χ4v) is 3.97. The summed E-state index contributed by atoms with van der Waals surface area (Å²) in [5.41, 5.74) is 1.99. The molecule has 0 saturated heterocycles. The largest absolute Gasteiger partial charge is 0.288 e. The zero-order chi connectivity index (χ0) is 16.5. The lowest BCUT2D eigenvalue weighted by atomic mass is 9.99. The Kier molecular flexibility index (Phi) is 3.86. The molecule has 122 valence electrons. The third-order valence-corrected chi connectivity index (χ3v) is 5.28. The van der Waals surface area contributed by atoms with Gasteiger partial charge in [0.15, 0.2) is 5.82 Å². The molecule has 0 aliphatic heterocycles. The number of aryl methyl sites for hydroxylation is 2. The Balaban J connectivity index is 1.50. The minimum Gasteiger partial charge on any atom is -0.288 e. The molecule has 1 aliphatic carbocycles. The molecule has 5 nitrogen and oxygen atoms in total. The molecule has 2 aromatic heterocycles. The summed E-state index contributed by atoms with van der Waals surface area (Å²) < 4.78 is 13.0. The van der Waals surface area contributed by atoms with Gasteiger partial charge in [0.1, 0.15) is 5.82 Å². The van der Waals surface area contributed by atoms with E-state index in [2.05, 4.69) is 20.5 Å². The SMILES string of the molecule is O=C(Nc1n[nH]c(-c2ccc(F)cc2)n1)c1cc2c(s1)CCCC2. The number of nitrogens with one attached hydrogen (secondary N) is 2. The van der Waals surface area contributed by atoms with Gasteiger partial charge in [0, 0.05) is 10.4 Å². The molecule has 0 atom stereocenters. The molecule has 2 heterocycles. The van der Waals surface area contributed by atoms with Crippen molar-refractivity contribution < 1.29 is 9.18 Å². The van der Waals surface area contributed by atoms with Crippen LogP contribution < -0.4 is 5.32 Å². The summed E-state index contributed by atoms with van der Waals surface area (Å²) in [6, 6.07) is 7.89. The highest BCUT2D eigenvalue weighted by Gasteiger charge is 2.18. The Bertz CT molecular complexity index is 861. The van der Waals surface area contributed by atoms with Crippen LogP contribution in [0.5, 0.6) is 0 Å². The van der Waals surface area contributed by atoms with Gasteiger partial charge in [-0.15, -0.1) is 16.4 Å². The summed E-state index contributed by atoms with van der Waals surface area (Å²) in [5.74, 6) is 0.189. The molecule has 0 bridgehead atoms. The van der Waals surface area contributed by atoms with Crippen molar-refractivity contribution in [1.29, 1.82) is 0 Å². The number of thiophene rings is 1. The van der Waals surface area contributed by atoms with Crippen LogP contribution >= 0.6 is 11.3 Å². The number of halogens is 1. The van der Waals surface area contributed by atoms with Gasteiger partial charge >= 0.3 is 0 Å². The van der Waals surface area contributed by atoms with Crippen LogP contribution in [0.2, 0.25) is 0 Å². The Morgan fingerprint density at radius 3 is 2.79 bits per heavy atom. The summed E-state index contributed by atoms with van der Waals surface area (Å²) in [6.07, 6.45) is 4.49. The molecule has 0 spiro atoms. The Labute approximate surface area is 141 Å². The molecule has 1 aliphatic rings. The van der Waals surface area contributed by atoms with E-state index in [1.807, 2.05) is 6.07 Å². The second-order valence-electron chi connectivity index (χ2n) is 5.73. The molecule has 1 amide bonds. The highest BCUT2D eigenvalue weighted by molar-refractivity contribution is 7.14. The van der Waals surface area contributed by atoms with E-state index in [1.165, 1.54) is 35.4 Å². The van der Waals surface area contributed by atoms with E-state index in [9.17, 15) is 9.18 Å². The number of carbonyl (C=O) groups is 1. The van der Waals surface area contributed by atoms with Crippen LogP contribution in [0.25, 0.3) is 11.4 Å². The number of fused-ring (bicyclic) bond motifs is 1. The van der Waals surface area contributed by atoms with Crippen molar-refractivity contribution in [2.24, 2.45) is 0 Å². The first-order valence-electron chi connectivity index (χ1n) is 7.80. The van der Waals surface area contributed by atoms with Gasteiger partial charge in [-0.05, 0) is 61.6 Å². The summed E-state index contributed by atoms with van der Waals surface area (Å²) in [4.78, 5) is 18.6. The Morgan fingerprint density at radius 1 is 1.21 bits per heavy atom. The standard InChI is InChI=1S/C17H15FN4OS/c18-12-7-5-10(6-8-12)15-19-17(22-21-15)20-16(23)14-9-11-3-1-2-4-13(11)24-14/h5-9H,1-4H2,(H2,19,20,21,22,23). The van der Waals surface area contributed by atoms with Gasteiger partial charge in [0.2, 0.25) is 5.95 Å². The normalized spacial score (nSPS) is 13.5. The predicted octanol–water partition coefficient (Wildman–Crippen LogP) is 3.80. The fraction of sp³-hybridized carbons (Fsp3) is 0.235. The Morgan fingerprint density at radius 2 is 2.00 bits per heavy atom. The van der Waals surface area contributed by atoms with E-state index in [1.54, 1.807) is 23.5 Å². The maximum atomic E-state index is 13.0. The van der Waals surface area contributed by atoms with Crippen LogP contribution in [0, 0.1) is 5.82 Å². The molecule has 0 saturated carbocycles. The second-order valence-corrected chi connectivity index (χ2v) is 6.87.